The van der Waals surface area contributed by atoms with Gasteiger partial charge in [0.2, 0.25) is 5.91 Å². The van der Waals surface area contributed by atoms with Crippen LogP contribution in [0.4, 0.5) is 11.4 Å². The molecule has 0 aliphatic rings. The molecule has 1 N–H and O–H groups in total. The van der Waals surface area contributed by atoms with E-state index in [-0.39, 0.29) is 5.91 Å². The highest BCUT2D eigenvalue weighted by Crippen LogP contribution is 2.23. The van der Waals surface area contributed by atoms with Crippen molar-refractivity contribution in [1.29, 1.82) is 0 Å². The summed E-state index contributed by atoms with van der Waals surface area (Å²) in [6, 6.07) is 15.8. The number of anilines is 2. The van der Waals surface area contributed by atoms with Crippen LogP contribution in [-0.2, 0) is 4.79 Å². The number of ether oxygens (including phenoxy) is 1. The lowest BCUT2D eigenvalue weighted by molar-refractivity contribution is -0.116. The van der Waals surface area contributed by atoms with Crippen molar-refractivity contribution in [3.05, 3.63) is 54.1 Å². The quantitative estimate of drug-likeness (QED) is 0.844. The Labute approximate surface area is 138 Å². The van der Waals surface area contributed by atoms with Gasteiger partial charge in [-0.2, -0.15) is 0 Å². The van der Waals surface area contributed by atoms with Gasteiger partial charge in [0, 0.05) is 25.2 Å². The van der Waals surface area contributed by atoms with Gasteiger partial charge in [0.1, 0.15) is 5.75 Å². The smallest absolute Gasteiger partial charge is 0.226 e. The third-order valence-electron chi connectivity index (χ3n) is 3.74. The number of benzene rings is 2. The molecule has 0 unspecified atom stereocenters. The second-order valence-corrected chi connectivity index (χ2v) is 5.42. The average molecular weight is 312 g/mol. The summed E-state index contributed by atoms with van der Waals surface area (Å²) < 4.78 is 5.25. The summed E-state index contributed by atoms with van der Waals surface area (Å²) >= 11 is 0. The van der Waals surface area contributed by atoms with E-state index in [9.17, 15) is 4.79 Å². The highest BCUT2D eigenvalue weighted by atomic mass is 16.5. The Morgan fingerprint density at radius 2 is 1.96 bits per heavy atom. The van der Waals surface area contributed by atoms with Gasteiger partial charge < -0.3 is 15.0 Å². The van der Waals surface area contributed by atoms with Gasteiger partial charge in [-0.15, -0.1) is 0 Å². The molecule has 23 heavy (non-hydrogen) atoms. The Morgan fingerprint density at radius 1 is 1.17 bits per heavy atom. The van der Waals surface area contributed by atoms with Crippen LogP contribution in [-0.4, -0.2) is 26.1 Å². The first-order valence-corrected chi connectivity index (χ1v) is 7.88. The summed E-state index contributed by atoms with van der Waals surface area (Å²) in [5.74, 6) is 0.660. The molecule has 4 nitrogen and oxygen atoms in total. The number of nitrogens with zero attached hydrogens (tertiary/aromatic N) is 1. The van der Waals surface area contributed by atoms with Crippen LogP contribution < -0.4 is 15.0 Å². The molecule has 0 saturated heterocycles. The summed E-state index contributed by atoms with van der Waals surface area (Å²) in [6.45, 7) is 5.72. The van der Waals surface area contributed by atoms with Gasteiger partial charge in [0.15, 0.2) is 0 Å². The first-order valence-electron chi connectivity index (χ1n) is 7.88. The maximum absolute atomic E-state index is 12.2. The van der Waals surface area contributed by atoms with E-state index in [4.69, 9.17) is 4.74 Å². The van der Waals surface area contributed by atoms with Crippen LogP contribution in [0.2, 0.25) is 0 Å². The summed E-state index contributed by atoms with van der Waals surface area (Å²) in [5.41, 5.74) is 3.08. The molecule has 0 atom stereocenters. The first kappa shape index (κ1) is 16.9. The molecular formula is C19H24N2O2. The van der Waals surface area contributed by atoms with Crippen LogP contribution in [0.15, 0.2) is 48.5 Å². The molecule has 4 heteroatoms. The first-order chi connectivity index (χ1) is 11.1. The zero-order valence-corrected chi connectivity index (χ0v) is 14.0. The third kappa shape index (κ3) is 4.74. The van der Waals surface area contributed by atoms with Crippen molar-refractivity contribution in [2.45, 2.75) is 20.3 Å². The Hall–Kier alpha value is -2.49. The maximum Gasteiger partial charge on any atom is 0.226 e. The molecule has 0 fully saturated rings. The van der Waals surface area contributed by atoms with Crippen molar-refractivity contribution in [1.82, 2.24) is 0 Å². The van der Waals surface area contributed by atoms with Crippen LogP contribution in [0, 0.1) is 6.92 Å². The standard InChI is InChI=1S/C19H24N2O2/c1-4-21(16-9-7-8-15(2)14-16)13-12-19(22)20-17-10-5-6-11-18(17)23-3/h5-11,14H,4,12-13H2,1-3H3,(H,20,22). The van der Waals surface area contributed by atoms with Gasteiger partial charge in [0.25, 0.3) is 0 Å². The zero-order chi connectivity index (χ0) is 16.7. The Balaban J connectivity index is 1.95. The Morgan fingerprint density at radius 3 is 2.65 bits per heavy atom. The van der Waals surface area contributed by atoms with Crippen LogP contribution in [0.3, 0.4) is 0 Å². The highest BCUT2D eigenvalue weighted by molar-refractivity contribution is 5.92. The Bertz CT molecular complexity index is 655. The van der Waals surface area contributed by atoms with Gasteiger partial charge in [-0.25, -0.2) is 0 Å². The number of hydrogen-bond acceptors (Lipinski definition) is 3. The van der Waals surface area contributed by atoms with Crippen LogP contribution in [0.1, 0.15) is 18.9 Å². The van der Waals surface area contributed by atoms with Gasteiger partial charge in [-0.1, -0.05) is 24.3 Å². The van der Waals surface area contributed by atoms with E-state index >= 15 is 0 Å². The second kappa shape index (κ2) is 8.22. The molecule has 2 aromatic carbocycles. The molecule has 0 heterocycles. The van der Waals surface area contributed by atoms with E-state index in [1.165, 1.54) is 5.56 Å². The molecule has 0 radical (unpaired) electrons. The van der Waals surface area contributed by atoms with E-state index in [1.807, 2.05) is 30.3 Å². The van der Waals surface area contributed by atoms with E-state index in [2.05, 4.69) is 42.3 Å². The highest BCUT2D eigenvalue weighted by Gasteiger charge is 2.10. The lowest BCUT2D eigenvalue weighted by Gasteiger charge is -2.23. The van der Waals surface area contributed by atoms with Gasteiger partial charge in [-0.05, 0) is 43.7 Å². The number of hydrogen-bond donors (Lipinski definition) is 1. The summed E-state index contributed by atoms with van der Waals surface area (Å²) in [7, 11) is 1.60. The van der Waals surface area contributed by atoms with Crippen molar-refractivity contribution in [3.8, 4) is 5.75 Å². The van der Waals surface area contributed by atoms with E-state index in [1.54, 1.807) is 7.11 Å². The van der Waals surface area contributed by atoms with Crippen molar-refractivity contribution >= 4 is 17.3 Å². The van der Waals surface area contributed by atoms with Crippen molar-refractivity contribution in [2.75, 3.05) is 30.4 Å². The van der Waals surface area contributed by atoms with Crippen molar-refractivity contribution in [2.24, 2.45) is 0 Å². The van der Waals surface area contributed by atoms with Gasteiger partial charge in [-0.3, -0.25) is 4.79 Å². The number of carbonyl (C=O) groups is 1. The minimum absolute atomic E-state index is 0.0133. The number of carbonyl (C=O) groups excluding carboxylic acids is 1. The number of amides is 1. The largest absolute Gasteiger partial charge is 0.495 e. The fraction of sp³-hybridized carbons (Fsp3) is 0.316. The predicted octanol–water partition coefficient (Wildman–Crippen LogP) is 3.86. The minimum Gasteiger partial charge on any atom is -0.495 e. The second-order valence-electron chi connectivity index (χ2n) is 5.42. The molecule has 0 aliphatic carbocycles. The molecule has 1 amide bonds. The zero-order valence-electron chi connectivity index (χ0n) is 14.0. The third-order valence-corrected chi connectivity index (χ3v) is 3.74. The molecule has 2 rings (SSSR count). The SMILES string of the molecule is CCN(CCC(=O)Nc1ccccc1OC)c1cccc(C)c1. The minimum atomic E-state index is -0.0133. The number of methoxy groups -OCH3 is 1. The lowest BCUT2D eigenvalue weighted by atomic mass is 10.2. The molecular weight excluding hydrogens is 288 g/mol. The number of nitrogens with one attached hydrogen (secondary N) is 1. The fourth-order valence-electron chi connectivity index (χ4n) is 2.49. The van der Waals surface area contributed by atoms with E-state index in [0.29, 0.717) is 24.4 Å². The molecule has 122 valence electrons. The van der Waals surface area contributed by atoms with Crippen LogP contribution in [0.25, 0.3) is 0 Å². The molecule has 0 saturated carbocycles. The van der Waals surface area contributed by atoms with Gasteiger partial charge >= 0.3 is 0 Å². The number of para-hydroxylation sites is 2. The molecule has 0 spiro atoms. The normalized spacial score (nSPS) is 10.2. The average Bonchev–Trinajstić information content (AvgIpc) is 2.56. The number of rotatable bonds is 7. The molecule has 0 bridgehead atoms. The van der Waals surface area contributed by atoms with Crippen LogP contribution >= 0.6 is 0 Å². The van der Waals surface area contributed by atoms with Crippen molar-refractivity contribution < 1.29 is 9.53 Å². The predicted molar refractivity (Wildman–Crippen MR) is 95.3 cm³/mol. The van der Waals surface area contributed by atoms with E-state index in [0.717, 1.165) is 12.2 Å². The van der Waals surface area contributed by atoms with Crippen LogP contribution in [0.5, 0.6) is 5.75 Å². The van der Waals surface area contributed by atoms with E-state index < -0.39 is 0 Å². The number of aryl methyl sites for hydroxylation is 1. The summed E-state index contributed by atoms with van der Waals surface area (Å²) in [4.78, 5) is 14.4. The summed E-state index contributed by atoms with van der Waals surface area (Å²) in [6.07, 6.45) is 0.430. The molecule has 0 aliphatic heterocycles. The fourth-order valence-corrected chi connectivity index (χ4v) is 2.49. The summed E-state index contributed by atoms with van der Waals surface area (Å²) in [5, 5.41) is 2.91. The maximum atomic E-state index is 12.2. The topological polar surface area (TPSA) is 41.6 Å². The van der Waals surface area contributed by atoms with Crippen molar-refractivity contribution in [3.63, 3.8) is 0 Å². The monoisotopic (exact) mass is 312 g/mol. The molecule has 2 aromatic rings. The van der Waals surface area contributed by atoms with Gasteiger partial charge in [0.05, 0.1) is 12.8 Å². The Kier molecular flexibility index (Phi) is 6.03. The lowest BCUT2D eigenvalue weighted by Crippen LogP contribution is -2.27. The molecule has 0 aromatic heterocycles.